The molecule has 3 rings (SSSR count). The van der Waals surface area contributed by atoms with Crippen molar-refractivity contribution in [1.29, 1.82) is 0 Å². The highest BCUT2D eigenvalue weighted by Crippen LogP contribution is 2.36. The lowest BCUT2D eigenvalue weighted by Crippen LogP contribution is -2.37. The third kappa shape index (κ3) is 2.50. The summed E-state index contributed by atoms with van der Waals surface area (Å²) in [6, 6.07) is 7.21. The fourth-order valence-corrected chi connectivity index (χ4v) is 3.44. The van der Waals surface area contributed by atoms with Crippen LogP contribution < -0.4 is 15.2 Å². The van der Waals surface area contributed by atoms with Gasteiger partial charge in [0, 0.05) is 18.6 Å². The van der Waals surface area contributed by atoms with Crippen LogP contribution in [-0.4, -0.2) is 37.2 Å². The minimum absolute atomic E-state index is 0.290. The molecule has 0 spiro atoms. The topological polar surface area (TPSA) is 47.7 Å². The molecule has 2 aliphatic rings. The van der Waals surface area contributed by atoms with E-state index in [0.29, 0.717) is 31.8 Å². The van der Waals surface area contributed by atoms with E-state index in [9.17, 15) is 0 Å². The summed E-state index contributed by atoms with van der Waals surface area (Å²) >= 11 is 0. The molecule has 0 aromatic heterocycles. The van der Waals surface area contributed by atoms with E-state index in [-0.39, 0.29) is 0 Å². The van der Waals surface area contributed by atoms with Gasteiger partial charge in [0.25, 0.3) is 0 Å². The molecule has 0 bridgehead atoms. The Labute approximate surface area is 120 Å². The van der Waals surface area contributed by atoms with Crippen LogP contribution in [0.15, 0.2) is 18.2 Å². The summed E-state index contributed by atoms with van der Waals surface area (Å²) in [6.07, 6.45) is 3.76. The second-order valence-electron chi connectivity index (χ2n) is 5.60. The molecule has 0 aliphatic carbocycles. The molecule has 20 heavy (non-hydrogen) atoms. The van der Waals surface area contributed by atoms with Gasteiger partial charge in [-0.1, -0.05) is 13.0 Å². The maximum atomic E-state index is 6.06. The Kier molecular flexibility index (Phi) is 4.13. The zero-order valence-corrected chi connectivity index (χ0v) is 12.2. The smallest absolute Gasteiger partial charge is 0.161 e. The van der Waals surface area contributed by atoms with Gasteiger partial charge in [0.05, 0.1) is 0 Å². The third-order valence-electron chi connectivity index (χ3n) is 4.47. The van der Waals surface area contributed by atoms with Crippen molar-refractivity contribution in [2.45, 2.75) is 38.3 Å². The lowest BCUT2D eigenvalue weighted by atomic mass is 10.0. The first-order valence-electron chi connectivity index (χ1n) is 7.69. The van der Waals surface area contributed by atoms with Gasteiger partial charge in [0.15, 0.2) is 11.5 Å². The Bertz CT molecular complexity index is 464. The van der Waals surface area contributed by atoms with E-state index in [4.69, 9.17) is 15.2 Å². The SMILES string of the molecule is CCC1CCCN1C(CN)c1ccc2c(c1)OCCO2. The minimum Gasteiger partial charge on any atom is -0.486 e. The highest BCUT2D eigenvalue weighted by atomic mass is 16.6. The van der Waals surface area contributed by atoms with E-state index in [1.54, 1.807) is 0 Å². The average Bonchev–Trinajstić information content (AvgIpc) is 2.96. The Balaban J connectivity index is 1.85. The Hall–Kier alpha value is -1.26. The molecular formula is C16H24N2O2. The number of ether oxygens (including phenoxy) is 2. The van der Waals surface area contributed by atoms with Gasteiger partial charge in [-0.15, -0.1) is 0 Å². The molecule has 2 aliphatic heterocycles. The molecule has 1 aromatic carbocycles. The standard InChI is InChI=1S/C16H24N2O2/c1-2-13-4-3-7-18(13)14(11-17)12-5-6-15-16(10-12)20-9-8-19-15/h5-6,10,13-14H,2-4,7-9,11,17H2,1H3. The van der Waals surface area contributed by atoms with Crippen molar-refractivity contribution in [2.75, 3.05) is 26.3 Å². The van der Waals surface area contributed by atoms with E-state index < -0.39 is 0 Å². The molecule has 110 valence electrons. The molecule has 2 atom stereocenters. The van der Waals surface area contributed by atoms with Gasteiger partial charge in [0.2, 0.25) is 0 Å². The van der Waals surface area contributed by atoms with Crippen molar-refractivity contribution in [3.63, 3.8) is 0 Å². The molecule has 0 saturated carbocycles. The van der Waals surface area contributed by atoms with Crippen molar-refractivity contribution in [3.05, 3.63) is 23.8 Å². The third-order valence-corrected chi connectivity index (χ3v) is 4.47. The fraction of sp³-hybridized carbons (Fsp3) is 0.625. The van der Waals surface area contributed by atoms with Crippen LogP contribution in [0.3, 0.4) is 0 Å². The lowest BCUT2D eigenvalue weighted by molar-refractivity contribution is 0.166. The number of benzene rings is 1. The second-order valence-corrected chi connectivity index (χ2v) is 5.60. The molecule has 1 aromatic rings. The number of hydrogen-bond donors (Lipinski definition) is 1. The Morgan fingerprint density at radius 3 is 2.85 bits per heavy atom. The minimum atomic E-state index is 0.290. The number of nitrogens with zero attached hydrogens (tertiary/aromatic N) is 1. The zero-order chi connectivity index (χ0) is 13.9. The fourth-order valence-electron chi connectivity index (χ4n) is 3.44. The van der Waals surface area contributed by atoms with Crippen LogP contribution in [0.2, 0.25) is 0 Å². The van der Waals surface area contributed by atoms with Gasteiger partial charge in [-0.25, -0.2) is 0 Å². The van der Waals surface area contributed by atoms with Crippen molar-refractivity contribution in [1.82, 2.24) is 4.90 Å². The van der Waals surface area contributed by atoms with Gasteiger partial charge < -0.3 is 15.2 Å². The number of fused-ring (bicyclic) bond motifs is 1. The van der Waals surface area contributed by atoms with E-state index in [0.717, 1.165) is 18.0 Å². The predicted octanol–water partition coefficient (Wildman–Crippen LogP) is 2.33. The van der Waals surface area contributed by atoms with Crippen LogP contribution in [0.25, 0.3) is 0 Å². The zero-order valence-electron chi connectivity index (χ0n) is 12.2. The molecule has 0 amide bonds. The Morgan fingerprint density at radius 1 is 1.30 bits per heavy atom. The van der Waals surface area contributed by atoms with Crippen LogP contribution in [0.1, 0.15) is 37.8 Å². The maximum Gasteiger partial charge on any atom is 0.161 e. The molecule has 1 fully saturated rings. The predicted molar refractivity (Wildman–Crippen MR) is 79.2 cm³/mol. The molecule has 2 N–H and O–H groups in total. The van der Waals surface area contributed by atoms with Crippen LogP contribution in [0, 0.1) is 0 Å². The molecule has 0 radical (unpaired) electrons. The molecule has 4 heteroatoms. The Morgan fingerprint density at radius 2 is 2.10 bits per heavy atom. The number of rotatable bonds is 4. The van der Waals surface area contributed by atoms with E-state index in [1.165, 1.54) is 24.8 Å². The summed E-state index contributed by atoms with van der Waals surface area (Å²) in [5.74, 6) is 1.71. The average molecular weight is 276 g/mol. The van der Waals surface area contributed by atoms with Crippen LogP contribution in [0.4, 0.5) is 0 Å². The van der Waals surface area contributed by atoms with Gasteiger partial charge in [-0.05, 0) is 43.5 Å². The highest BCUT2D eigenvalue weighted by Gasteiger charge is 2.30. The van der Waals surface area contributed by atoms with Gasteiger partial charge in [-0.3, -0.25) is 4.90 Å². The first kappa shape index (κ1) is 13.7. The van der Waals surface area contributed by atoms with Gasteiger partial charge in [-0.2, -0.15) is 0 Å². The molecule has 2 unspecified atom stereocenters. The largest absolute Gasteiger partial charge is 0.486 e. The van der Waals surface area contributed by atoms with E-state index in [1.807, 2.05) is 6.07 Å². The number of hydrogen-bond acceptors (Lipinski definition) is 4. The van der Waals surface area contributed by atoms with Gasteiger partial charge >= 0.3 is 0 Å². The molecule has 1 saturated heterocycles. The quantitative estimate of drug-likeness (QED) is 0.917. The van der Waals surface area contributed by atoms with Crippen LogP contribution >= 0.6 is 0 Å². The number of nitrogens with two attached hydrogens (primary N) is 1. The summed E-state index contributed by atoms with van der Waals surface area (Å²) in [4.78, 5) is 2.56. The highest BCUT2D eigenvalue weighted by molar-refractivity contribution is 5.44. The van der Waals surface area contributed by atoms with E-state index in [2.05, 4.69) is 24.0 Å². The summed E-state index contributed by atoms with van der Waals surface area (Å²) in [6.45, 7) is 5.33. The number of likely N-dealkylation sites (tertiary alicyclic amines) is 1. The summed E-state index contributed by atoms with van der Waals surface area (Å²) in [5.41, 5.74) is 7.31. The van der Waals surface area contributed by atoms with E-state index >= 15 is 0 Å². The molecule has 2 heterocycles. The maximum absolute atomic E-state index is 6.06. The monoisotopic (exact) mass is 276 g/mol. The van der Waals surface area contributed by atoms with Crippen LogP contribution in [-0.2, 0) is 0 Å². The van der Waals surface area contributed by atoms with Crippen molar-refractivity contribution < 1.29 is 9.47 Å². The van der Waals surface area contributed by atoms with Crippen LogP contribution in [0.5, 0.6) is 11.5 Å². The normalized spacial score (nSPS) is 23.8. The van der Waals surface area contributed by atoms with Gasteiger partial charge in [0.1, 0.15) is 13.2 Å². The summed E-state index contributed by atoms with van der Waals surface area (Å²) in [7, 11) is 0. The summed E-state index contributed by atoms with van der Waals surface area (Å²) in [5, 5.41) is 0. The lowest BCUT2D eigenvalue weighted by Gasteiger charge is -2.33. The summed E-state index contributed by atoms with van der Waals surface area (Å²) < 4.78 is 11.3. The molecule has 4 nitrogen and oxygen atoms in total. The second kappa shape index (κ2) is 6.02. The van der Waals surface area contributed by atoms with Crippen molar-refractivity contribution >= 4 is 0 Å². The van der Waals surface area contributed by atoms with Crippen molar-refractivity contribution in [3.8, 4) is 11.5 Å². The first-order chi connectivity index (χ1) is 9.83. The molecular weight excluding hydrogens is 252 g/mol. The first-order valence-corrected chi connectivity index (χ1v) is 7.69. The van der Waals surface area contributed by atoms with Crippen molar-refractivity contribution in [2.24, 2.45) is 5.73 Å².